The molecule has 2 aromatic carbocycles. The SMILES string of the molecule is COc1ccc(COc2ccc(F)cc2Cl)cc1C(=O)O. The summed E-state index contributed by atoms with van der Waals surface area (Å²) in [6, 6.07) is 8.49. The van der Waals surface area contributed by atoms with E-state index in [0.29, 0.717) is 11.3 Å². The van der Waals surface area contributed by atoms with Gasteiger partial charge in [-0.05, 0) is 35.9 Å². The molecule has 0 amide bonds. The Morgan fingerprint density at radius 2 is 1.95 bits per heavy atom. The van der Waals surface area contributed by atoms with Crippen molar-refractivity contribution in [3.05, 3.63) is 58.4 Å². The number of ether oxygens (including phenoxy) is 2. The number of aromatic carboxylic acids is 1. The van der Waals surface area contributed by atoms with Crippen molar-refractivity contribution < 1.29 is 23.8 Å². The highest BCUT2D eigenvalue weighted by molar-refractivity contribution is 6.32. The summed E-state index contributed by atoms with van der Waals surface area (Å²) in [5.74, 6) is -0.949. The maximum atomic E-state index is 12.9. The molecule has 0 aliphatic carbocycles. The van der Waals surface area contributed by atoms with Crippen molar-refractivity contribution in [1.82, 2.24) is 0 Å². The van der Waals surface area contributed by atoms with Crippen molar-refractivity contribution in [3.63, 3.8) is 0 Å². The molecule has 0 radical (unpaired) electrons. The first-order valence-electron chi connectivity index (χ1n) is 5.99. The summed E-state index contributed by atoms with van der Waals surface area (Å²) in [6.07, 6.45) is 0. The fourth-order valence-corrected chi connectivity index (χ4v) is 1.99. The lowest BCUT2D eigenvalue weighted by Gasteiger charge is -2.10. The van der Waals surface area contributed by atoms with Crippen LogP contribution < -0.4 is 9.47 Å². The molecule has 0 fully saturated rings. The summed E-state index contributed by atoms with van der Waals surface area (Å²) in [7, 11) is 1.40. The van der Waals surface area contributed by atoms with Gasteiger partial charge in [-0.15, -0.1) is 0 Å². The van der Waals surface area contributed by atoms with Crippen LogP contribution in [0.4, 0.5) is 4.39 Å². The lowest BCUT2D eigenvalue weighted by Crippen LogP contribution is -2.03. The quantitative estimate of drug-likeness (QED) is 0.913. The van der Waals surface area contributed by atoms with E-state index >= 15 is 0 Å². The van der Waals surface area contributed by atoms with Gasteiger partial charge in [-0.1, -0.05) is 17.7 Å². The average Bonchev–Trinajstić information content (AvgIpc) is 2.46. The number of methoxy groups -OCH3 is 1. The highest BCUT2D eigenvalue weighted by Crippen LogP contribution is 2.26. The Balaban J connectivity index is 2.16. The van der Waals surface area contributed by atoms with E-state index in [2.05, 4.69) is 0 Å². The van der Waals surface area contributed by atoms with Crippen LogP contribution in [0.1, 0.15) is 15.9 Å². The summed E-state index contributed by atoms with van der Waals surface area (Å²) in [5.41, 5.74) is 0.678. The molecular weight excluding hydrogens is 299 g/mol. The molecule has 0 saturated carbocycles. The first-order chi connectivity index (χ1) is 10.0. The van der Waals surface area contributed by atoms with Crippen LogP contribution in [0.3, 0.4) is 0 Å². The predicted molar refractivity (Wildman–Crippen MR) is 75.7 cm³/mol. The van der Waals surface area contributed by atoms with Crippen LogP contribution in [-0.4, -0.2) is 18.2 Å². The van der Waals surface area contributed by atoms with Gasteiger partial charge in [0.2, 0.25) is 0 Å². The molecule has 0 saturated heterocycles. The number of benzene rings is 2. The second-order valence-electron chi connectivity index (χ2n) is 4.20. The Labute approximate surface area is 125 Å². The summed E-state index contributed by atoms with van der Waals surface area (Å²) in [6.45, 7) is 0.107. The topological polar surface area (TPSA) is 55.8 Å². The van der Waals surface area contributed by atoms with Crippen LogP contribution in [0.25, 0.3) is 0 Å². The Hall–Kier alpha value is -2.27. The maximum Gasteiger partial charge on any atom is 0.339 e. The predicted octanol–water partition coefficient (Wildman–Crippen LogP) is 3.76. The molecule has 6 heteroatoms. The van der Waals surface area contributed by atoms with Crippen molar-refractivity contribution >= 4 is 17.6 Å². The molecule has 1 N–H and O–H groups in total. The van der Waals surface area contributed by atoms with Crippen molar-refractivity contribution in [2.24, 2.45) is 0 Å². The number of rotatable bonds is 5. The third kappa shape index (κ3) is 3.64. The smallest absolute Gasteiger partial charge is 0.339 e. The molecule has 2 rings (SSSR count). The first kappa shape index (κ1) is 15.1. The number of carboxylic acids is 1. The lowest BCUT2D eigenvalue weighted by atomic mass is 10.1. The van der Waals surface area contributed by atoms with E-state index in [1.165, 1.54) is 25.3 Å². The fraction of sp³-hybridized carbons (Fsp3) is 0.133. The molecule has 0 aliphatic heterocycles. The summed E-state index contributed by atoms with van der Waals surface area (Å²) >= 11 is 5.85. The van der Waals surface area contributed by atoms with Crippen molar-refractivity contribution in [3.8, 4) is 11.5 Å². The van der Waals surface area contributed by atoms with Crippen molar-refractivity contribution in [2.75, 3.05) is 7.11 Å². The van der Waals surface area contributed by atoms with E-state index in [9.17, 15) is 9.18 Å². The highest BCUT2D eigenvalue weighted by atomic mass is 35.5. The summed E-state index contributed by atoms with van der Waals surface area (Å²) in [4.78, 5) is 11.1. The molecule has 0 spiro atoms. The molecule has 0 heterocycles. The van der Waals surface area contributed by atoms with E-state index in [0.717, 1.165) is 6.07 Å². The Morgan fingerprint density at radius 1 is 1.24 bits per heavy atom. The molecule has 0 aliphatic rings. The van der Waals surface area contributed by atoms with E-state index in [-0.39, 0.29) is 22.9 Å². The average molecular weight is 311 g/mol. The van der Waals surface area contributed by atoms with Gasteiger partial charge in [0.25, 0.3) is 0 Å². The van der Waals surface area contributed by atoms with E-state index in [1.807, 2.05) is 0 Å². The second-order valence-corrected chi connectivity index (χ2v) is 4.61. The van der Waals surface area contributed by atoms with E-state index in [4.69, 9.17) is 26.2 Å². The standard InChI is InChI=1S/C15H12ClFO4/c1-20-13-4-2-9(6-11(13)15(18)19)8-21-14-5-3-10(17)7-12(14)16/h2-7H,8H2,1H3,(H,18,19). The summed E-state index contributed by atoms with van der Waals surface area (Å²) < 4.78 is 23.3. The molecule has 0 aromatic heterocycles. The first-order valence-corrected chi connectivity index (χ1v) is 6.37. The zero-order valence-corrected chi connectivity index (χ0v) is 11.9. The Morgan fingerprint density at radius 3 is 2.57 bits per heavy atom. The zero-order chi connectivity index (χ0) is 15.4. The van der Waals surface area contributed by atoms with Gasteiger partial charge >= 0.3 is 5.97 Å². The molecular formula is C15H12ClFO4. The largest absolute Gasteiger partial charge is 0.496 e. The second kappa shape index (κ2) is 6.45. The highest BCUT2D eigenvalue weighted by Gasteiger charge is 2.12. The number of halogens is 2. The van der Waals surface area contributed by atoms with Crippen LogP contribution in [0.5, 0.6) is 11.5 Å². The van der Waals surface area contributed by atoms with Crippen LogP contribution in [0, 0.1) is 5.82 Å². The van der Waals surface area contributed by atoms with Crippen LogP contribution >= 0.6 is 11.6 Å². The molecule has 4 nitrogen and oxygen atoms in total. The fourth-order valence-electron chi connectivity index (χ4n) is 1.77. The van der Waals surface area contributed by atoms with Gasteiger partial charge in [-0.3, -0.25) is 0 Å². The molecule has 0 unspecified atom stereocenters. The Bertz CT molecular complexity index is 673. The third-order valence-corrected chi connectivity index (χ3v) is 3.08. The minimum absolute atomic E-state index is 0.0452. The molecule has 21 heavy (non-hydrogen) atoms. The van der Waals surface area contributed by atoms with Crippen LogP contribution in [0.2, 0.25) is 5.02 Å². The van der Waals surface area contributed by atoms with Crippen molar-refractivity contribution in [2.45, 2.75) is 6.61 Å². The lowest BCUT2D eigenvalue weighted by molar-refractivity contribution is 0.0693. The van der Waals surface area contributed by atoms with Crippen LogP contribution in [0.15, 0.2) is 36.4 Å². The normalized spacial score (nSPS) is 10.2. The number of hydrogen-bond donors (Lipinski definition) is 1. The number of carboxylic acid groups (broad SMARTS) is 1. The van der Waals surface area contributed by atoms with E-state index in [1.54, 1.807) is 12.1 Å². The third-order valence-electron chi connectivity index (χ3n) is 2.78. The Kier molecular flexibility index (Phi) is 4.65. The van der Waals surface area contributed by atoms with Crippen molar-refractivity contribution in [1.29, 1.82) is 0 Å². The minimum Gasteiger partial charge on any atom is -0.496 e. The van der Waals surface area contributed by atoms with Gasteiger partial charge in [0.1, 0.15) is 29.5 Å². The van der Waals surface area contributed by atoms with Gasteiger partial charge in [0.05, 0.1) is 12.1 Å². The minimum atomic E-state index is -1.09. The summed E-state index contributed by atoms with van der Waals surface area (Å²) in [5, 5.41) is 9.25. The number of hydrogen-bond acceptors (Lipinski definition) is 3. The van der Waals surface area contributed by atoms with E-state index < -0.39 is 11.8 Å². The van der Waals surface area contributed by atoms with Gasteiger partial charge < -0.3 is 14.6 Å². The molecule has 110 valence electrons. The molecule has 0 atom stereocenters. The van der Waals surface area contributed by atoms with Crippen LogP contribution in [-0.2, 0) is 6.61 Å². The van der Waals surface area contributed by atoms with Gasteiger partial charge in [0.15, 0.2) is 0 Å². The molecule has 2 aromatic rings. The number of carbonyl (C=O) groups is 1. The van der Waals surface area contributed by atoms with Gasteiger partial charge in [-0.2, -0.15) is 0 Å². The van der Waals surface area contributed by atoms with Gasteiger partial charge in [0, 0.05) is 0 Å². The molecule has 0 bridgehead atoms. The maximum absolute atomic E-state index is 12.9. The zero-order valence-electron chi connectivity index (χ0n) is 11.1. The monoisotopic (exact) mass is 310 g/mol. The van der Waals surface area contributed by atoms with Gasteiger partial charge in [-0.25, -0.2) is 9.18 Å².